The van der Waals surface area contributed by atoms with E-state index in [0.717, 1.165) is 11.1 Å². The Morgan fingerprint density at radius 1 is 1.18 bits per heavy atom. The van der Waals surface area contributed by atoms with Gasteiger partial charge in [-0.2, -0.15) is 0 Å². The number of pyridine rings is 2. The van der Waals surface area contributed by atoms with Crippen LogP contribution in [0.1, 0.15) is 29.7 Å². The quantitative estimate of drug-likeness (QED) is 0.401. The van der Waals surface area contributed by atoms with E-state index in [0.29, 0.717) is 33.5 Å². The van der Waals surface area contributed by atoms with Crippen LogP contribution in [0.2, 0.25) is 5.15 Å². The van der Waals surface area contributed by atoms with E-state index in [9.17, 15) is 13.8 Å². The Morgan fingerprint density at radius 3 is 2.59 bits per heavy atom. The van der Waals surface area contributed by atoms with Gasteiger partial charge in [-0.15, -0.1) is 0 Å². The molecule has 0 saturated heterocycles. The Balaban J connectivity index is 1.87. The number of aromatic nitrogens is 2. The Kier molecular flexibility index (Phi) is 6.44. The lowest BCUT2D eigenvalue weighted by Gasteiger charge is -2.19. The summed E-state index contributed by atoms with van der Waals surface area (Å²) in [5.41, 5.74) is 3.32. The smallest absolute Gasteiger partial charge is 0.253 e. The van der Waals surface area contributed by atoms with Crippen molar-refractivity contribution in [3.8, 4) is 11.3 Å². The Labute approximate surface area is 203 Å². The molecule has 10 heteroatoms. The van der Waals surface area contributed by atoms with E-state index < -0.39 is 11.0 Å². The largest absolute Gasteiger partial charge is 0.455 e. The standard InChI is InChI=1S/C24H23ClN4O4S/c1-12-7-16(14(3)27-18-5-6-21(25)28-23(18)34(26)32)22-17(8-12)19(30)10-20(33-22)15-9-13(2)24(31)29(4)11-15/h5-11,14,27H,26H2,1-4H3. The maximum atomic E-state index is 13.0. The molecule has 176 valence electrons. The molecule has 1 aromatic carbocycles. The van der Waals surface area contributed by atoms with Gasteiger partial charge in [0, 0.05) is 36.0 Å². The number of nitrogens with two attached hydrogens (primary N) is 1. The number of fused-ring (bicyclic) bond motifs is 1. The van der Waals surface area contributed by atoms with Crippen LogP contribution in [0.3, 0.4) is 0 Å². The number of benzene rings is 1. The minimum absolute atomic E-state index is 0.120. The number of halogens is 1. The maximum Gasteiger partial charge on any atom is 0.253 e. The highest BCUT2D eigenvalue weighted by Crippen LogP contribution is 2.31. The van der Waals surface area contributed by atoms with Gasteiger partial charge < -0.3 is 14.3 Å². The minimum Gasteiger partial charge on any atom is -0.455 e. The predicted molar refractivity (Wildman–Crippen MR) is 135 cm³/mol. The number of rotatable bonds is 5. The molecule has 4 rings (SSSR count). The molecular weight excluding hydrogens is 476 g/mol. The normalized spacial score (nSPS) is 13.1. The van der Waals surface area contributed by atoms with E-state index in [1.165, 1.54) is 10.6 Å². The molecule has 3 N–H and O–H groups in total. The number of anilines is 1. The van der Waals surface area contributed by atoms with Crippen LogP contribution >= 0.6 is 11.6 Å². The van der Waals surface area contributed by atoms with Crippen molar-refractivity contribution in [3.05, 3.63) is 85.0 Å². The van der Waals surface area contributed by atoms with Crippen molar-refractivity contribution in [2.75, 3.05) is 5.32 Å². The summed E-state index contributed by atoms with van der Waals surface area (Å²) < 4.78 is 19.7. The van der Waals surface area contributed by atoms with Gasteiger partial charge in [0.15, 0.2) is 10.5 Å². The molecule has 0 spiro atoms. The summed E-state index contributed by atoms with van der Waals surface area (Å²) in [4.78, 5) is 29.2. The van der Waals surface area contributed by atoms with E-state index in [2.05, 4.69) is 10.3 Å². The Bertz CT molecular complexity index is 1550. The Morgan fingerprint density at radius 2 is 1.91 bits per heavy atom. The van der Waals surface area contributed by atoms with Gasteiger partial charge in [-0.1, -0.05) is 17.7 Å². The lowest BCUT2D eigenvalue weighted by molar-refractivity contribution is 0.608. The molecule has 2 atom stereocenters. The minimum atomic E-state index is -1.85. The second-order valence-corrected chi connectivity index (χ2v) is 9.55. The van der Waals surface area contributed by atoms with E-state index >= 15 is 0 Å². The van der Waals surface area contributed by atoms with Gasteiger partial charge in [0.05, 0.1) is 17.1 Å². The first-order chi connectivity index (χ1) is 16.0. The van der Waals surface area contributed by atoms with Crippen molar-refractivity contribution < 1.29 is 8.63 Å². The first-order valence-corrected chi connectivity index (χ1v) is 12.0. The van der Waals surface area contributed by atoms with Crippen LogP contribution in [0.25, 0.3) is 22.3 Å². The van der Waals surface area contributed by atoms with E-state index in [1.807, 2.05) is 19.9 Å². The van der Waals surface area contributed by atoms with E-state index in [-0.39, 0.29) is 27.2 Å². The monoisotopic (exact) mass is 498 g/mol. The highest BCUT2D eigenvalue weighted by molar-refractivity contribution is 7.82. The molecule has 0 amide bonds. The number of hydrogen-bond donors (Lipinski definition) is 2. The average Bonchev–Trinajstić information content (AvgIpc) is 2.78. The van der Waals surface area contributed by atoms with Gasteiger partial charge in [0.25, 0.3) is 5.56 Å². The highest BCUT2D eigenvalue weighted by Gasteiger charge is 2.19. The van der Waals surface area contributed by atoms with Crippen LogP contribution in [0.4, 0.5) is 5.69 Å². The first kappa shape index (κ1) is 23.9. The summed E-state index contributed by atoms with van der Waals surface area (Å²) >= 11 is 5.94. The third-order valence-electron chi connectivity index (χ3n) is 5.50. The van der Waals surface area contributed by atoms with Crippen molar-refractivity contribution in [1.29, 1.82) is 0 Å². The second kappa shape index (κ2) is 9.17. The van der Waals surface area contributed by atoms with Crippen molar-refractivity contribution >= 4 is 39.2 Å². The number of hydrogen-bond acceptors (Lipinski definition) is 6. The summed E-state index contributed by atoms with van der Waals surface area (Å²) in [6.07, 6.45) is 1.64. The third kappa shape index (κ3) is 4.54. The predicted octanol–water partition coefficient (Wildman–Crippen LogP) is 3.98. The van der Waals surface area contributed by atoms with Crippen LogP contribution in [0.15, 0.2) is 61.6 Å². The topological polar surface area (TPSA) is 120 Å². The molecule has 8 nitrogen and oxygen atoms in total. The summed E-state index contributed by atoms with van der Waals surface area (Å²) in [7, 11) is -0.203. The summed E-state index contributed by atoms with van der Waals surface area (Å²) in [5, 5.41) is 9.57. The second-order valence-electron chi connectivity index (χ2n) is 8.18. The lowest BCUT2D eigenvalue weighted by Crippen LogP contribution is -2.18. The van der Waals surface area contributed by atoms with Crippen LogP contribution in [-0.4, -0.2) is 13.8 Å². The molecule has 3 heterocycles. The molecular formula is C24H23ClN4O4S. The molecule has 0 aliphatic carbocycles. The fraction of sp³-hybridized carbons (Fsp3) is 0.208. The molecule has 34 heavy (non-hydrogen) atoms. The maximum absolute atomic E-state index is 13.0. The molecule has 0 fully saturated rings. The van der Waals surface area contributed by atoms with Crippen molar-refractivity contribution in [2.45, 2.75) is 31.8 Å². The average molecular weight is 499 g/mol. The van der Waals surface area contributed by atoms with Crippen LogP contribution in [-0.2, 0) is 18.0 Å². The van der Waals surface area contributed by atoms with E-state index in [1.54, 1.807) is 44.4 Å². The third-order valence-corrected chi connectivity index (χ3v) is 6.41. The molecule has 4 aromatic rings. The van der Waals surface area contributed by atoms with Crippen LogP contribution in [0.5, 0.6) is 0 Å². The molecule has 0 saturated carbocycles. The summed E-state index contributed by atoms with van der Waals surface area (Å²) in [5.74, 6) is 0.352. The molecule has 3 aromatic heterocycles. The fourth-order valence-corrected chi connectivity index (χ4v) is 4.63. The molecule has 2 unspecified atom stereocenters. The number of aryl methyl sites for hydroxylation is 3. The van der Waals surface area contributed by atoms with Gasteiger partial charge >= 0.3 is 0 Å². The van der Waals surface area contributed by atoms with Gasteiger partial charge in [-0.05, 0) is 50.6 Å². The van der Waals surface area contributed by atoms with Gasteiger partial charge in [-0.25, -0.2) is 14.3 Å². The molecule has 0 aliphatic heterocycles. The number of nitrogens with zero attached hydrogens (tertiary/aromatic N) is 2. The SMILES string of the molecule is Cc1cc(C(C)Nc2ccc(Cl)nc2S(N)=O)c2oc(-c3cc(C)c(=O)n(C)c3)cc(=O)c2c1. The van der Waals surface area contributed by atoms with Crippen molar-refractivity contribution in [3.63, 3.8) is 0 Å². The van der Waals surface area contributed by atoms with Crippen molar-refractivity contribution in [2.24, 2.45) is 12.2 Å². The molecule has 0 bridgehead atoms. The zero-order chi connectivity index (χ0) is 24.7. The zero-order valence-corrected chi connectivity index (χ0v) is 20.6. The van der Waals surface area contributed by atoms with Gasteiger partial charge in [0.2, 0.25) is 0 Å². The van der Waals surface area contributed by atoms with Gasteiger partial charge in [0.1, 0.15) is 27.5 Å². The van der Waals surface area contributed by atoms with Crippen LogP contribution in [0, 0.1) is 13.8 Å². The number of nitrogens with one attached hydrogen (secondary N) is 1. The summed E-state index contributed by atoms with van der Waals surface area (Å²) in [6, 6.07) is 9.68. The first-order valence-electron chi connectivity index (χ1n) is 10.4. The summed E-state index contributed by atoms with van der Waals surface area (Å²) in [6.45, 7) is 5.49. The van der Waals surface area contributed by atoms with E-state index in [4.69, 9.17) is 21.2 Å². The van der Waals surface area contributed by atoms with Crippen molar-refractivity contribution in [1.82, 2.24) is 9.55 Å². The fourth-order valence-electron chi connectivity index (χ4n) is 3.90. The lowest BCUT2D eigenvalue weighted by atomic mass is 10.0. The zero-order valence-electron chi connectivity index (χ0n) is 19.0. The Hall–Kier alpha value is -3.27. The highest BCUT2D eigenvalue weighted by atomic mass is 35.5. The van der Waals surface area contributed by atoms with Crippen LogP contribution < -0.4 is 21.4 Å². The molecule has 0 aliphatic rings. The molecule has 0 radical (unpaired) electrons. The van der Waals surface area contributed by atoms with Gasteiger partial charge in [-0.3, -0.25) is 9.59 Å².